The van der Waals surface area contributed by atoms with Crippen LogP contribution in [0.1, 0.15) is 9.67 Å². The van der Waals surface area contributed by atoms with Crippen molar-refractivity contribution in [2.45, 2.75) is 0 Å². The van der Waals surface area contributed by atoms with Gasteiger partial charge in [0, 0.05) is 10.1 Å². The summed E-state index contributed by atoms with van der Waals surface area (Å²) in [6, 6.07) is 5.03. The van der Waals surface area contributed by atoms with Gasteiger partial charge in [-0.3, -0.25) is 0 Å². The average molecular weight is 224 g/mol. The number of benzene rings is 1. The molecule has 2 rings (SSSR count). The van der Waals surface area contributed by atoms with E-state index in [-0.39, 0.29) is 10.6 Å². The molecule has 5 heteroatoms. The van der Waals surface area contributed by atoms with Gasteiger partial charge in [-0.25, -0.2) is 4.79 Å². The van der Waals surface area contributed by atoms with Crippen LogP contribution in [0.4, 0.5) is 0 Å². The van der Waals surface area contributed by atoms with Crippen molar-refractivity contribution in [3.05, 3.63) is 23.1 Å². The number of carboxylic acids is 1. The number of hydrogen-bond donors (Lipinski definition) is 2. The third-order valence-electron chi connectivity index (χ3n) is 2.07. The number of rotatable bonds is 2. The summed E-state index contributed by atoms with van der Waals surface area (Å²) in [6.07, 6.45) is 0. The lowest BCUT2D eigenvalue weighted by Crippen LogP contribution is -1.90. The summed E-state index contributed by atoms with van der Waals surface area (Å²) in [7, 11) is 1.53. The summed E-state index contributed by atoms with van der Waals surface area (Å²) < 4.78 is 5.71. The molecule has 0 unspecified atom stereocenters. The Hall–Kier alpha value is -1.75. The molecule has 1 aromatic heterocycles. The first kappa shape index (κ1) is 9.79. The van der Waals surface area contributed by atoms with E-state index >= 15 is 0 Å². The van der Waals surface area contributed by atoms with E-state index in [0.29, 0.717) is 15.8 Å². The molecular formula is C10H8O4S. The van der Waals surface area contributed by atoms with Gasteiger partial charge in [0.05, 0.1) is 7.11 Å². The van der Waals surface area contributed by atoms with E-state index in [0.717, 1.165) is 11.3 Å². The first-order valence-electron chi connectivity index (χ1n) is 4.16. The molecule has 0 fully saturated rings. The maximum Gasteiger partial charge on any atom is 0.349 e. The molecule has 0 aliphatic heterocycles. The highest BCUT2D eigenvalue weighted by molar-refractivity contribution is 7.21. The van der Waals surface area contributed by atoms with E-state index in [1.165, 1.54) is 7.11 Å². The van der Waals surface area contributed by atoms with E-state index in [2.05, 4.69) is 0 Å². The van der Waals surface area contributed by atoms with Crippen molar-refractivity contribution in [2.75, 3.05) is 7.11 Å². The Morgan fingerprint density at radius 2 is 2.20 bits per heavy atom. The molecule has 2 N–H and O–H groups in total. The van der Waals surface area contributed by atoms with Gasteiger partial charge in [-0.05, 0) is 18.2 Å². The number of carboxylic acid groups (broad SMARTS) is 1. The molecule has 0 amide bonds. The Morgan fingerprint density at radius 3 is 2.80 bits per heavy atom. The lowest BCUT2D eigenvalue weighted by atomic mass is 10.2. The van der Waals surface area contributed by atoms with Crippen LogP contribution in [0.15, 0.2) is 18.2 Å². The molecule has 4 nitrogen and oxygen atoms in total. The van der Waals surface area contributed by atoms with Crippen LogP contribution in [0.2, 0.25) is 0 Å². The van der Waals surface area contributed by atoms with Crippen LogP contribution in [0, 0.1) is 0 Å². The van der Waals surface area contributed by atoms with Crippen LogP contribution in [0.5, 0.6) is 11.5 Å². The number of aromatic hydroxyl groups is 1. The van der Waals surface area contributed by atoms with Gasteiger partial charge in [-0.1, -0.05) is 0 Å². The third kappa shape index (κ3) is 1.50. The first-order chi connectivity index (χ1) is 7.13. The fourth-order valence-electron chi connectivity index (χ4n) is 1.34. The Balaban J connectivity index is 2.70. The Labute approximate surface area is 89.3 Å². The van der Waals surface area contributed by atoms with Gasteiger partial charge in [0.1, 0.15) is 11.5 Å². The second-order valence-electron chi connectivity index (χ2n) is 2.95. The fourth-order valence-corrected chi connectivity index (χ4v) is 2.30. The Morgan fingerprint density at radius 1 is 1.47 bits per heavy atom. The van der Waals surface area contributed by atoms with Crippen LogP contribution in [0.25, 0.3) is 10.1 Å². The van der Waals surface area contributed by atoms with Crippen molar-refractivity contribution in [3.8, 4) is 11.5 Å². The van der Waals surface area contributed by atoms with Crippen molar-refractivity contribution in [2.24, 2.45) is 0 Å². The van der Waals surface area contributed by atoms with E-state index in [4.69, 9.17) is 9.84 Å². The van der Waals surface area contributed by atoms with Gasteiger partial charge in [0.25, 0.3) is 0 Å². The van der Waals surface area contributed by atoms with Gasteiger partial charge >= 0.3 is 5.97 Å². The van der Waals surface area contributed by atoms with Crippen LogP contribution in [-0.4, -0.2) is 23.3 Å². The molecule has 0 atom stereocenters. The average Bonchev–Trinajstić information content (AvgIpc) is 2.55. The molecule has 1 aromatic carbocycles. The molecule has 78 valence electrons. The predicted octanol–water partition coefficient (Wildman–Crippen LogP) is 2.31. The molecule has 2 aromatic rings. The largest absolute Gasteiger partial charge is 0.505 e. The van der Waals surface area contributed by atoms with Gasteiger partial charge in [0.15, 0.2) is 4.88 Å². The zero-order valence-corrected chi connectivity index (χ0v) is 8.67. The smallest absolute Gasteiger partial charge is 0.349 e. The fraction of sp³-hybridized carbons (Fsp3) is 0.100. The number of methoxy groups -OCH3 is 1. The van der Waals surface area contributed by atoms with E-state index in [9.17, 15) is 9.90 Å². The van der Waals surface area contributed by atoms with Crippen LogP contribution < -0.4 is 4.74 Å². The number of carbonyl (C=O) groups is 1. The molecule has 0 radical (unpaired) electrons. The second kappa shape index (κ2) is 3.43. The number of aromatic carboxylic acids is 1. The monoisotopic (exact) mass is 224 g/mol. The molecule has 1 heterocycles. The van der Waals surface area contributed by atoms with E-state index < -0.39 is 5.97 Å². The molecule has 15 heavy (non-hydrogen) atoms. The van der Waals surface area contributed by atoms with Crippen molar-refractivity contribution in [3.63, 3.8) is 0 Å². The van der Waals surface area contributed by atoms with Crippen LogP contribution in [-0.2, 0) is 0 Å². The third-order valence-corrected chi connectivity index (χ3v) is 3.20. The van der Waals surface area contributed by atoms with Gasteiger partial charge in [-0.2, -0.15) is 0 Å². The predicted molar refractivity (Wildman–Crippen MR) is 57.0 cm³/mol. The number of thiophene rings is 1. The molecular weight excluding hydrogens is 216 g/mol. The molecule has 0 spiro atoms. The normalized spacial score (nSPS) is 10.5. The summed E-state index contributed by atoms with van der Waals surface area (Å²) in [6.45, 7) is 0. The molecule has 0 aliphatic rings. The quantitative estimate of drug-likeness (QED) is 0.821. The zero-order valence-electron chi connectivity index (χ0n) is 7.85. The minimum Gasteiger partial charge on any atom is -0.505 e. The topological polar surface area (TPSA) is 66.8 Å². The Kier molecular flexibility index (Phi) is 2.24. The highest BCUT2D eigenvalue weighted by Crippen LogP contribution is 2.38. The number of ether oxygens (including phenoxy) is 1. The van der Waals surface area contributed by atoms with Crippen molar-refractivity contribution >= 4 is 27.4 Å². The molecule has 0 saturated carbocycles. The lowest BCUT2D eigenvalue weighted by Gasteiger charge is -1.97. The van der Waals surface area contributed by atoms with Crippen molar-refractivity contribution < 1.29 is 19.7 Å². The summed E-state index contributed by atoms with van der Waals surface area (Å²) in [4.78, 5) is 10.7. The van der Waals surface area contributed by atoms with Crippen molar-refractivity contribution in [1.82, 2.24) is 0 Å². The first-order valence-corrected chi connectivity index (χ1v) is 4.98. The number of hydrogen-bond acceptors (Lipinski definition) is 4. The highest BCUT2D eigenvalue weighted by atomic mass is 32.1. The summed E-state index contributed by atoms with van der Waals surface area (Å²) in [5, 5.41) is 19.0. The van der Waals surface area contributed by atoms with Crippen LogP contribution >= 0.6 is 11.3 Å². The summed E-state index contributed by atoms with van der Waals surface area (Å²) >= 11 is 1.03. The maximum absolute atomic E-state index is 10.8. The van der Waals surface area contributed by atoms with Gasteiger partial charge < -0.3 is 14.9 Å². The van der Waals surface area contributed by atoms with E-state index in [1.807, 2.05) is 0 Å². The van der Waals surface area contributed by atoms with Crippen LogP contribution in [0.3, 0.4) is 0 Å². The maximum atomic E-state index is 10.8. The Bertz CT molecular complexity index is 529. The lowest BCUT2D eigenvalue weighted by molar-refractivity contribution is 0.0699. The van der Waals surface area contributed by atoms with Gasteiger partial charge in [0.2, 0.25) is 0 Å². The minimum atomic E-state index is -1.12. The molecule has 0 aliphatic carbocycles. The molecule has 0 saturated heterocycles. The number of fused-ring (bicyclic) bond motifs is 1. The summed E-state index contributed by atoms with van der Waals surface area (Å²) in [5.74, 6) is -0.654. The summed E-state index contributed by atoms with van der Waals surface area (Å²) in [5.41, 5.74) is 0. The van der Waals surface area contributed by atoms with E-state index in [1.54, 1.807) is 18.2 Å². The minimum absolute atomic E-state index is 0.0433. The highest BCUT2D eigenvalue weighted by Gasteiger charge is 2.17. The standard InChI is InChI=1S/C10H8O4S/c1-14-5-2-3-6-7(4-5)15-9(8(6)11)10(12)13/h2-4,11H,1H3,(H,12,13). The van der Waals surface area contributed by atoms with Crippen molar-refractivity contribution in [1.29, 1.82) is 0 Å². The molecule has 0 bridgehead atoms. The SMILES string of the molecule is COc1ccc2c(O)c(C(=O)O)sc2c1. The van der Waals surface area contributed by atoms with Gasteiger partial charge in [-0.15, -0.1) is 11.3 Å². The zero-order chi connectivity index (χ0) is 11.0. The second-order valence-corrected chi connectivity index (χ2v) is 4.00.